The molecule has 0 amide bonds. The number of H-pyrrole nitrogens is 1. The molecular formula is C11H14ClN3O. The number of hydrogen-bond acceptors (Lipinski definition) is 3. The van der Waals surface area contributed by atoms with E-state index in [0.717, 1.165) is 29.8 Å². The van der Waals surface area contributed by atoms with Crippen molar-refractivity contribution in [2.24, 2.45) is 0 Å². The molecule has 0 bridgehead atoms. The molecule has 2 rings (SSSR count). The topological polar surface area (TPSA) is 60.9 Å². The van der Waals surface area contributed by atoms with Gasteiger partial charge in [-0.25, -0.2) is 4.98 Å². The molecule has 5 heteroatoms. The second kappa shape index (κ2) is 5.30. The third-order valence-corrected chi connectivity index (χ3v) is 2.56. The van der Waals surface area contributed by atoms with Gasteiger partial charge in [0.05, 0.1) is 17.6 Å². The lowest BCUT2D eigenvalue weighted by Crippen LogP contribution is -2.21. The number of rotatable bonds is 5. The quantitative estimate of drug-likeness (QED) is 0.690. The lowest BCUT2D eigenvalue weighted by Gasteiger charge is -1.98. The highest BCUT2D eigenvalue weighted by molar-refractivity contribution is 6.31. The number of aliphatic hydroxyl groups excluding tert-OH is 1. The first-order valence-electron chi connectivity index (χ1n) is 5.25. The zero-order valence-corrected chi connectivity index (χ0v) is 9.59. The number of halogens is 1. The van der Waals surface area contributed by atoms with E-state index >= 15 is 0 Å². The molecule has 0 saturated heterocycles. The largest absolute Gasteiger partial charge is 0.395 e. The van der Waals surface area contributed by atoms with E-state index in [-0.39, 0.29) is 6.61 Å². The highest BCUT2D eigenvalue weighted by Gasteiger charge is 2.02. The van der Waals surface area contributed by atoms with E-state index in [0.29, 0.717) is 11.6 Å². The normalized spacial score (nSPS) is 11.1. The maximum atomic E-state index is 8.61. The first-order valence-corrected chi connectivity index (χ1v) is 5.63. The molecule has 1 aromatic heterocycles. The molecule has 0 aliphatic rings. The molecule has 1 heterocycles. The number of aromatic nitrogens is 2. The third-order valence-electron chi connectivity index (χ3n) is 2.32. The summed E-state index contributed by atoms with van der Waals surface area (Å²) >= 11 is 5.89. The minimum absolute atomic E-state index is 0.162. The van der Waals surface area contributed by atoms with Gasteiger partial charge in [0.25, 0.3) is 0 Å². The SMILES string of the molecule is OCCNCCc1nc2ccc(Cl)cc2[nH]1. The predicted molar refractivity (Wildman–Crippen MR) is 64.8 cm³/mol. The van der Waals surface area contributed by atoms with Crippen LogP contribution < -0.4 is 5.32 Å². The lowest BCUT2D eigenvalue weighted by molar-refractivity contribution is 0.292. The van der Waals surface area contributed by atoms with Crippen LogP contribution in [0.2, 0.25) is 5.02 Å². The smallest absolute Gasteiger partial charge is 0.108 e. The molecule has 0 fully saturated rings. The summed E-state index contributed by atoms with van der Waals surface area (Å²) in [6.45, 7) is 1.58. The molecule has 0 aliphatic carbocycles. The summed E-state index contributed by atoms with van der Waals surface area (Å²) in [5.74, 6) is 0.933. The summed E-state index contributed by atoms with van der Waals surface area (Å²) < 4.78 is 0. The molecule has 4 nitrogen and oxygen atoms in total. The van der Waals surface area contributed by atoms with Crippen molar-refractivity contribution in [2.75, 3.05) is 19.7 Å². The molecule has 0 unspecified atom stereocenters. The van der Waals surface area contributed by atoms with Crippen LogP contribution in [0.5, 0.6) is 0 Å². The van der Waals surface area contributed by atoms with Crippen LogP contribution in [0.25, 0.3) is 11.0 Å². The van der Waals surface area contributed by atoms with Crippen LogP contribution in [0.3, 0.4) is 0 Å². The lowest BCUT2D eigenvalue weighted by atomic mass is 10.3. The molecule has 16 heavy (non-hydrogen) atoms. The van der Waals surface area contributed by atoms with E-state index in [2.05, 4.69) is 15.3 Å². The number of nitrogens with one attached hydrogen (secondary N) is 2. The number of aromatic amines is 1. The van der Waals surface area contributed by atoms with Crippen LogP contribution >= 0.6 is 11.6 Å². The monoisotopic (exact) mass is 239 g/mol. The van der Waals surface area contributed by atoms with Gasteiger partial charge in [0.15, 0.2) is 0 Å². The van der Waals surface area contributed by atoms with Crippen molar-refractivity contribution in [3.63, 3.8) is 0 Å². The van der Waals surface area contributed by atoms with Crippen molar-refractivity contribution in [1.82, 2.24) is 15.3 Å². The van der Waals surface area contributed by atoms with Crippen molar-refractivity contribution < 1.29 is 5.11 Å². The standard InChI is InChI=1S/C11H14ClN3O/c12-8-1-2-9-10(7-8)15-11(14-9)3-4-13-5-6-16/h1-2,7,13,16H,3-6H2,(H,14,15). The Kier molecular flexibility index (Phi) is 3.77. The van der Waals surface area contributed by atoms with Crippen LogP contribution in [-0.4, -0.2) is 34.8 Å². The summed E-state index contributed by atoms with van der Waals surface area (Å²) in [4.78, 5) is 7.65. The second-order valence-electron chi connectivity index (χ2n) is 3.57. The molecule has 86 valence electrons. The number of fused-ring (bicyclic) bond motifs is 1. The van der Waals surface area contributed by atoms with Gasteiger partial charge in [-0.2, -0.15) is 0 Å². The minimum atomic E-state index is 0.162. The Bertz CT molecular complexity index is 469. The van der Waals surface area contributed by atoms with E-state index in [1.54, 1.807) is 0 Å². The summed E-state index contributed by atoms with van der Waals surface area (Å²) in [6, 6.07) is 5.60. The van der Waals surface area contributed by atoms with Crippen molar-refractivity contribution in [3.8, 4) is 0 Å². The predicted octanol–water partition coefficient (Wildman–Crippen LogP) is 1.34. The Morgan fingerprint density at radius 2 is 2.25 bits per heavy atom. The van der Waals surface area contributed by atoms with Crippen LogP contribution in [0, 0.1) is 0 Å². The number of hydrogen-bond donors (Lipinski definition) is 3. The van der Waals surface area contributed by atoms with Crippen LogP contribution in [0.1, 0.15) is 5.82 Å². The average molecular weight is 240 g/mol. The third kappa shape index (κ3) is 2.72. The number of aliphatic hydroxyl groups is 1. The Balaban J connectivity index is 2.02. The molecular weight excluding hydrogens is 226 g/mol. The number of benzene rings is 1. The van der Waals surface area contributed by atoms with Gasteiger partial charge in [0, 0.05) is 24.5 Å². The fourth-order valence-electron chi connectivity index (χ4n) is 1.56. The van der Waals surface area contributed by atoms with Gasteiger partial charge in [-0.1, -0.05) is 11.6 Å². The Hall–Kier alpha value is -1.10. The molecule has 1 aromatic carbocycles. The molecule has 3 N–H and O–H groups in total. The first-order chi connectivity index (χ1) is 7.79. The van der Waals surface area contributed by atoms with Crippen molar-refractivity contribution >= 4 is 22.6 Å². The average Bonchev–Trinajstić information content (AvgIpc) is 2.66. The van der Waals surface area contributed by atoms with E-state index in [4.69, 9.17) is 16.7 Å². The summed E-state index contributed by atoms with van der Waals surface area (Å²) in [5.41, 5.74) is 1.89. The van der Waals surface area contributed by atoms with Gasteiger partial charge in [-0.05, 0) is 18.2 Å². The van der Waals surface area contributed by atoms with E-state index in [1.807, 2.05) is 18.2 Å². The number of nitrogens with zero attached hydrogens (tertiary/aromatic N) is 1. The van der Waals surface area contributed by atoms with Crippen LogP contribution in [0.15, 0.2) is 18.2 Å². The van der Waals surface area contributed by atoms with Gasteiger partial charge in [-0.3, -0.25) is 0 Å². The maximum absolute atomic E-state index is 8.61. The summed E-state index contributed by atoms with van der Waals surface area (Å²) in [7, 11) is 0. The zero-order chi connectivity index (χ0) is 11.4. The fraction of sp³-hybridized carbons (Fsp3) is 0.364. The van der Waals surface area contributed by atoms with E-state index < -0.39 is 0 Å². The highest BCUT2D eigenvalue weighted by atomic mass is 35.5. The summed E-state index contributed by atoms with van der Waals surface area (Å²) in [5, 5.41) is 12.4. The first kappa shape index (κ1) is 11.4. The van der Waals surface area contributed by atoms with E-state index in [9.17, 15) is 0 Å². The number of imidazole rings is 1. The molecule has 0 aliphatic heterocycles. The minimum Gasteiger partial charge on any atom is -0.395 e. The van der Waals surface area contributed by atoms with Crippen LogP contribution in [-0.2, 0) is 6.42 Å². The van der Waals surface area contributed by atoms with Gasteiger partial charge >= 0.3 is 0 Å². The molecule has 0 atom stereocenters. The highest BCUT2D eigenvalue weighted by Crippen LogP contribution is 2.17. The molecule has 0 radical (unpaired) electrons. The van der Waals surface area contributed by atoms with E-state index in [1.165, 1.54) is 0 Å². The van der Waals surface area contributed by atoms with Crippen LogP contribution in [0.4, 0.5) is 0 Å². The Labute approximate surface area is 98.6 Å². The molecule has 0 spiro atoms. The Morgan fingerprint density at radius 3 is 3.06 bits per heavy atom. The molecule has 0 saturated carbocycles. The van der Waals surface area contributed by atoms with Gasteiger partial charge in [0.2, 0.25) is 0 Å². The van der Waals surface area contributed by atoms with Gasteiger partial charge in [0.1, 0.15) is 5.82 Å². The van der Waals surface area contributed by atoms with Crippen molar-refractivity contribution in [2.45, 2.75) is 6.42 Å². The zero-order valence-electron chi connectivity index (χ0n) is 8.83. The van der Waals surface area contributed by atoms with Gasteiger partial charge in [-0.15, -0.1) is 0 Å². The van der Waals surface area contributed by atoms with Crippen molar-refractivity contribution in [3.05, 3.63) is 29.0 Å². The molecule has 2 aromatic rings. The second-order valence-corrected chi connectivity index (χ2v) is 4.01. The van der Waals surface area contributed by atoms with Crippen molar-refractivity contribution in [1.29, 1.82) is 0 Å². The Morgan fingerprint density at radius 1 is 1.38 bits per heavy atom. The fourth-order valence-corrected chi connectivity index (χ4v) is 1.74. The maximum Gasteiger partial charge on any atom is 0.108 e. The van der Waals surface area contributed by atoms with Gasteiger partial charge < -0.3 is 15.4 Å². The summed E-state index contributed by atoms with van der Waals surface area (Å²) in [6.07, 6.45) is 0.812.